The quantitative estimate of drug-likeness (QED) is 0.696. The Labute approximate surface area is 78.3 Å². The van der Waals surface area contributed by atoms with Crippen molar-refractivity contribution >= 4 is 11.8 Å². The predicted octanol–water partition coefficient (Wildman–Crippen LogP) is 0.950. The average molecular weight is 187 g/mol. The number of likely N-dealkylation sites (tertiary alicyclic amines) is 1. The van der Waals surface area contributed by atoms with Crippen LogP contribution in [-0.4, -0.2) is 46.7 Å². The molecular weight excluding hydrogens is 170 g/mol. The molecule has 2 heterocycles. The summed E-state index contributed by atoms with van der Waals surface area (Å²) in [5, 5.41) is 10.1. The Morgan fingerprint density at radius 1 is 1.33 bits per heavy atom. The van der Waals surface area contributed by atoms with Crippen LogP contribution in [0, 0.1) is 0 Å². The zero-order valence-electron chi connectivity index (χ0n) is 7.46. The molecule has 2 aliphatic rings. The molecule has 2 saturated heterocycles. The van der Waals surface area contributed by atoms with Crippen molar-refractivity contribution in [2.75, 3.05) is 31.1 Å². The van der Waals surface area contributed by atoms with Gasteiger partial charge in [-0.15, -0.1) is 0 Å². The van der Waals surface area contributed by atoms with Gasteiger partial charge in [-0.05, 0) is 38.1 Å². The van der Waals surface area contributed by atoms with E-state index in [0.717, 1.165) is 18.7 Å². The molecule has 0 aromatic heterocycles. The van der Waals surface area contributed by atoms with Crippen LogP contribution in [0.25, 0.3) is 0 Å². The summed E-state index contributed by atoms with van der Waals surface area (Å²) in [7, 11) is 0. The van der Waals surface area contributed by atoms with Gasteiger partial charge in [0.05, 0.1) is 5.60 Å². The summed E-state index contributed by atoms with van der Waals surface area (Å²) < 4.78 is 0. The molecule has 2 aliphatic heterocycles. The molecule has 0 aliphatic carbocycles. The first kappa shape index (κ1) is 8.85. The third kappa shape index (κ3) is 1.95. The fourth-order valence-corrected chi connectivity index (χ4v) is 3.03. The molecule has 1 unspecified atom stereocenters. The molecule has 3 heteroatoms. The normalized spacial score (nSPS) is 37.8. The summed E-state index contributed by atoms with van der Waals surface area (Å²) in [4.78, 5) is 2.37. The van der Waals surface area contributed by atoms with Crippen molar-refractivity contribution in [1.82, 2.24) is 4.90 Å². The number of β-amino-alcohol motifs (C(OH)–C–C–N with tert-alkyl or cyclic N) is 1. The van der Waals surface area contributed by atoms with Crippen molar-refractivity contribution in [2.24, 2.45) is 0 Å². The average Bonchev–Trinajstić information content (AvgIpc) is 1.99. The van der Waals surface area contributed by atoms with E-state index in [2.05, 4.69) is 4.90 Å². The van der Waals surface area contributed by atoms with E-state index in [9.17, 15) is 5.11 Å². The minimum absolute atomic E-state index is 0.358. The first-order chi connectivity index (χ1) is 5.79. The van der Waals surface area contributed by atoms with E-state index in [0.29, 0.717) is 0 Å². The van der Waals surface area contributed by atoms with Crippen LogP contribution in [0.2, 0.25) is 0 Å². The number of hydrogen-bond donors (Lipinski definition) is 1. The van der Waals surface area contributed by atoms with Crippen molar-refractivity contribution in [3.8, 4) is 0 Å². The van der Waals surface area contributed by atoms with Crippen molar-refractivity contribution in [3.05, 3.63) is 0 Å². The van der Waals surface area contributed by atoms with Gasteiger partial charge in [-0.2, -0.15) is 11.8 Å². The second-order valence-electron chi connectivity index (χ2n) is 4.01. The topological polar surface area (TPSA) is 23.5 Å². The smallest absolute Gasteiger partial charge is 0.0864 e. The van der Waals surface area contributed by atoms with E-state index in [-0.39, 0.29) is 5.60 Å². The van der Waals surface area contributed by atoms with Crippen LogP contribution in [0.1, 0.15) is 19.3 Å². The first-order valence-corrected chi connectivity index (χ1v) is 5.97. The van der Waals surface area contributed by atoms with Crippen LogP contribution in [-0.2, 0) is 0 Å². The molecule has 2 fully saturated rings. The van der Waals surface area contributed by atoms with Crippen LogP contribution in [0.3, 0.4) is 0 Å². The van der Waals surface area contributed by atoms with Crippen molar-refractivity contribution < 1.29 is 5.11 Å². The fraction of sp³-hybridized carbons (Fsp3) is 1.00. The lowest BCUT2D eigenvalue weighted by molar-refractivity contribution is -0.00361. The number of hydrogen-bond acceptors (Lipinski definition) is 3. The maximum absolute atomic E-state index is 10.1. The standard InChI is InChI=1S/C9H17NOS/c11-9(3-1-6-12-8-9)7-10-4-2-5-10/h11H,1-8H2. The lowest BCUT2D eigenvalue weighted by Crippen LogP contribution is -2.51. The van der Waals surface area contributed by atoms with Gasteiger partial charge in [0.2, 0.25) is 0 Å². The minimum atomic E-state index is -0.358. The van der Waals surface area contributed by atoms with Gasteiger partial charge in [-0.1, -0.05) is 0 Å². The summed E-state index contributed by atoms with van der Waals surface area (Å²) in [6, 6.07) is 0. The monoisotopic (exact) mass is 187 g/mol. The molecule has 0 amide bonds. The van der Waals surface area contributed by atoms with E-state index in [4.69, 9.17) is 0 Å². The van der Waals surface area contributed by atoms with E-state index in [1.54, 1.807) is 0 Å². The third-order valence-corrected chi connectivity index (χ3v) is 4.09. The van der Waals surface area contributed by atoms with Gasteiger partial charge in [0.25, 0.3) is 0 Å². The Balaban J connectivity index is 1.81. The molecule has 1 N–H and O–H groups in total. The third-order valence-electron chi connectivity index (χ3n) is 2.77. The summed E-state index contributed by atoms with van der Waals surface area (Å²) in [6.07, 6.45) is 3.52. The van der Waals surface area contributed by atoms with Crippen LogP contribution < -0.4 is 0 Å². The van der Waals surface area contributed by atoms with Crippen LogP contribution in [0.15, 0.2) is 0 Å². The Kier molecular flexibility index (Phi) is 2.63. The van der Waals surface area contributed by atoms with Gasteiger partial charge in [-0.25, -0.2) is 0 Å². The highest BCUT2D eigenvalue weighted by Gasteiger charge is 2.33. The number of thioether (sulfide) groups is 1. The lowest BCUT2D eigenvalue weighted by atomic mass is 9.97. The molecule has 2 rings (SSSR count). The summed E-state index contributed by atoms with van der Waals surface area (Å²) in [5.74, 6) is 2.19. The molecule has 0 aromatic rings. The predicted molar refractivity (Wildman–Crippen MR) is 52.6 cm³/mol. The van der Waals surface area contributed by atoms with E-state index in [1.165, 1.54) is 31.7 Å². The second-order valence-corrected chi connectivity index (χ2v) is 5.12. The van der Waals surface area contributed by atoms with Crippen molar-refractivity contribution in [1.29, 1.82) is 0 Å². The first-order valence-electron chi connectivity index (χ1n) is 4.81. The molecule has 70 valence electrons. The molecule has 12 heavy (non-hydrogen) atoms. The summed E-state index contributed by atoms with van der Waals surface area (Å²) in [5.41, 5.74) is -0.358. The molecule has 0 aromatic carbocycles. The van der Waals surface area contributed by atoms with Crippen LogP contribution in [0.5, 0.6) is 0 Å². The lowest BCUT2D eigenvalue weighted by Gasteiger charge is -2.40. The molecule has 2 nitrogen and oxygen atoms in total. The zero-order valence-corrected chi connectivity index (χ0v) is 8.28. The Morgan fingerprint density at radius 3 is 2.67 bits per heavy atom. The second kappa shape index (κ2) is 3.56. The number of aliphatic hydroxyl groups is 1. The van der Waals surface area contributed by atoms with Gasteiger partial charge < -0.3 is 10.0 Å². The van der Waals surface area contributed by atoms with E-state index in [1.807, 2.05) is 11.8 Å². The van der Waals surface area contributed by atoms with Gasteiger partial charge >= 0.3 is 0 Å². The van der Waals surface area contributed by atoms with Gasteiger partial charge in [0.15, 0.2) is 0 Å². The van der Waals surface area contributed by atoms with Gasteiger partial charge in [0.1, 0.15) is 0 Å². The molecular formula is C9H17NOS. The molecule has 1 atom stereocenters. The molecule has 0 bridgehead atoms. The van der Waals surface area contributed by atoms with Crippen molar-refractivity contribution in [2.45, 2.75) is 24.9 Å². The maximum Gasteiger partial charge on any atom is 0.0864 e. The highest BCUT2D eigenvalue weighted by molar-refractivity contribution is 7.99. The Hall–Kier alpha value is 0.270. The number of rotatable bonds is 2. The minimum Gasteiger partial charge on any atom is -0.388 e. The van der Waals surface area contributed by atoms with Gasteiger partial charge in [-0.3, -0.25) is 0 Å². The maximum atomic E-state index is 10.1. The molecule has 0 spiro atoms. The van der Waals surface area contributed by atoms with E-state index >= 15 is 0 Å². The molecule has 0 saturated carbocycles. The summed E-state index contributed by atoms with van der Waals surface area (Å²) in [6.45, 7) is 3.32. The van der Waals surface area contributed by atoms with Crippen molar-refractivity contribution in [3.63, 3.8) is 0 Å². The SMILES string of the molecule is OC1(CN2CCC2)CCCSC1. The Morgan fingerprint density at radius 2 is 2.17 bits per heavy atom. The summed E-state index contributed by atoms with van der Waals surface area (Å²) >= 11 is 1.90. The largest absolute Gasteiger partial charge is 0.388 e. The van der Waals surface area contributed by atoms with Crippen LogP contribution in [0.4, 0.5) is 0 Å². The number of nitrogens with zero attached hydrogens (tertiary/aromatic N) is 1. The highest BCUT2D eigenvalue weighted by Crippen LogP contribution is 2.28. The van der Waals surface area contributed by atoms with Gasteiger partial charge in [0, 0.05) is 12.3 Å². The fourth-order valence-electron chi connectivity index (χ4n) is 1.92. The van der Waals surface area contributed by atoms with Crippen LogP contribution >= 0.6 is 11.8 Å². The zero-order chi connectivity index (χ0) is 8.44. The van der Waals surface area contributed by atoms with E-state index < -0.39 is 0 Å². The highest BCUT2D eigenvalue weighted by atomic mass is 32.2. The Bertz CT molecular complexity index is 153. The molecule has 0 radical (unpaired) electrons.